The van der Waals surface area contributed by atoms with E-state index in [0.717, 1.165) is 275 Å². The lowest BCUT2D eigenvalue weighted by Crippen LogP contribution is -2.23. The van der Waals surface area contributed by atoms with E-state index in [-0.39, 0.29) is 49.3 Å². The van der Waals surface area contributed by atoms with E-state index in [0.29, 0.717) is 63.6 Å². The number of amides is 2. The Labute approximate surface area is 897 Å². The number of aldehydes is 1. The normalized spacial score (nSPS) is 16.1. The molecule has 14 aromatic heterocycles. The first-order chi connectivity index (χ1) is 70.9. The number of rotatable bonds is 21. The highest BCUT2D eigenvalue weighted by Crippen LogP contribution is 2.38. The number of aliphatic hydroxyl groups excluding tert-OH is 4. The Hall–Kier alpha value is -9.95. The van der Waals surface area contributed by atoms with Gasteiger partial charge < -0.3 is 103 Å². The maximum absolute atomic E-state index is 13.0. The maximum atomic E-state index is 13.0. The van der Waals surface area contributed by atoms with Crippen LogP contribution < -0.4 is 22.5 Å². The number of ketones is 1. The molecule has 14 aromatic rings. The second-order valence-corrected chi connectivity index (χ2v) is 40.1. The molecular formula is C103H120Br6F4N18O16. The summed E-state index contributed by atoms with van der Waals surface area (Å²) < 4.78 is 107. The number of halogens is 10. The maximum Gasteiger partial charge on any atom is 0.280 e. The van der Waals surface area contributed by atoms with Crippen LogP contribution in [-0.2, 0) is 62.5 Å². The molecule has 20 rings (SSSR count). The molecule has 0 radical (unpaired) electrons. The number of aliphatic hydroxyl groups is 4. The third-order valence-corrected chi connectivity index (χ3v) is 29.2. The van der Waals surface area contributed by atoms with E-state index in [1.54, 1.807) is 64.0 Å². The van der Waals surface area contributed by atoms with E-state index >= 15 is 0 Å². The number of ether oxygens (including phenoxy) is 8. The minimum Gasteiger partial charge on any atom is -0.392 e. The molecule has 44 heteroatoms. The van der Waals surface area contributed by atoms with Crippen LogP contribution in [0.15, 0.2) is 182 Å². The molecule has 2 amide bonds. The number of methoxy groups -OCH3 is 2. The molecule has 6 fully saturated rings. The van der Waals surface area contributed by atoms with Gasteiger partial charge in [-0.15, -0.1) is 0 Å². The summed E-state index contributed by atoms with van der Waals surface area (Å²) in [4.78, 5) is 83.4. The zero-order valence-corrected chi connectivity index (χ0v) is 91.2. The molecule has 0 saturated carbocycles. The van der Waals surface area contributed by atoms with Crippen molar-refractivity contribution in [3.05, 3.63) is 272 Å². The van der Waals surface area contributed by atoms with Gasteiger partial charge in [-0.3, -0.25) is 19.2 Å². The van der Waals surface area contributed by atoms with Gasteiger partial charge in [0, 0.05) is 237 Å². The first-order valence-electron chi connectivity index (χ1n) is 47.9. The first kappa shape index (κ1) is 116. The summed E-state index contributed by atoms with van der Waals surface area (Å²) in [7, 11) is 3.30. The predicted octanol–water partition coefficient (Wildman–Crippen LogP) is 20.1. The minimum absolute atomic E-state index is 0.0205. The number of carbonyl (C=O) groups excluding carboxylic acids is 4. The van der Waals surface area contributed by atoms with Gasteiger partial charge in [-0.1, -0.05) is 28.1 Å². The molecule has 20 heterocycles. The highest BCUT2D eigenvalue weighted by atomic mass is 79.9. The van der Waals surface area contributed by atoms with Gasteiger partial charge in [0.15, 0.2) is 6.29 Å². The zero-order valence-electron chi connectivity index (χ0n) is 81.7. The highest BCUT2D eigenvalue weighted by Gasteiger charge is 2.29. The molecule has 0 aliphatic carbocycles. The van der Waals surface area contributed by atoms with Crippen LogP contribution in [0.2, 0.25) is 0 Å². The van der Waals surface area contributed by atoms with Crippen LogP contribution in [0, 0.1) is 5.92 Å². The minimum atomic E-state index is -2.75. The summed E-state index contributed by atoms with van der Waals surface area (Å²) in [6.45, 7) is 15.2. The largest absolute Gasteiger partial charge is 0.392 e. The third-order valence-electron chi connectivity index (χ3n) is 25.3. The lowest BCUT2D eigenvalue weighted by Gasteiger charge is -2.19. The number of fused-ring (bicyclic) bond motifs is 5. The van der Waals surface area contributed by atoms with Gasteiger partial charge in [0.1, 0.15) is 68.4 Å². The van der Waals surface area contributed by atoms with E-state index < -0.39 is 42.2 Å². The van der Waals surface area contributed by atoms with Gasteiger partial charge in [0.25, 0.3) is 24.7 Å². The Balaban J connectivity index is 0.000000151. The Morgan fingerprint density at radius 1 is 0.449 bits per heavy atom. The SMILES string of the molecule is CC(O)c1cc2nc(C3CCOCC3)cn2cc1Br.COC(C)c1cc2nc(C3CCOCC3)cn2cc1Br.COC(C)c1cc2nc(C3CCOCC3)cn2cc1NC(=O)c1cccc(C(F)F)n1.NC(=O)c1cccc(C(F)F)n1.Nc1cc(CO)c(Br)cn1.Nc1cc(CO)ccn1.O=C(CBr)C1CCOCC1.O=Cc1cc2nc(C3CCOCC3)cn2cc1Br.OCc1cc2nc(C3CCOCC3)cn2cc1Br. The standard InChI is InChI=1S/C22H24F2N4O3.C15H19BrN2O2.C14H17BrN2O2.C13H15BrN2O2.C13H13BrN2O2.C7H11BrO2.C7H6F2N2O.C6H7BrN2O.C6H8N2O/c1-13(30-2)15-10-20-26-18(14-6-8-31-9-7-14)11-28(20)12-19(15)27-22(29)17-5-3-4-16(25-17)21(23)24;1-10(19-2)12-7-15-17-14(9-18(15)8-13(12)16)11-3-5-20-6-4-11;1-9(18)11-6-14-16-13(8-17(14)7-12(11)15)10-2-4-19-5-3-10;2*14-11-6-16-7-12(9-1-3-18-4-2-9)15-13(16)5-10(11)8-17;8-5-7(9)6-1-3-10-4-2-6;8-6(9)4-2-1-3-5(11-4)7(10)12;7-5-2-9-6(8)1-4(5)3-10;7-6-3-5(4-9)1-2-8-6/h3-5,10-14,21H,6-9H2,1-2H3,(H,27,29);7-11H,3-6H2,1-2H3;6-10,18H,2-5H2,1H3;5-7,9,17H,1-4,8H2;5-9H,1-4H2;6H,1-5H2;1-3,6H,(H2,10,12);1-2,10H,3H2,(H2,8,9);1-3,9H,4H2,(H2,7,8). The number of nitrogens with one attached hydrogen (secondary N) is 1. The number of alkyl halides is 5. The summed E-state index contributed by atoms with van der Waals surface area (Å²) in [5.74, 6) is 2.37. The van der Waals surface area contributed by atoms with Crippen molar-refractivity contribution >= 4 is 165 Å². The van der Waals surface area contributed by atoms with Gasteiger partial charge in [-0.25, -0.2) is 62.4 Å². The molecule has 0 aromatic carbocycles. The summed E-state index contributed by atoms with van der Waals surface area (Å²) in [5, 5.41) is 39.6. The number of Topliss-reactive ketones (excluding diaryl/α,β-unsaturated/α-hetero) is 1. The highest BCUT2D eigenvalue weighted by molar-refractivity contribution is 9.11. The smallest absolute Gasteiger partial charge is 0.280 e. The molecule has 11 N–H and O–H groups in total. The van der Waals surface area contributed by atoms with Gasteiger partial charge in [0.05, 0.1) is 77.6 Å². The molecule has 3 atom stereocenters. The molecule has 0 spiro atoms. The fourth-order valence-electron chi connectivity index (χ4n) is 16.7. The molecule has 3 unspecified atom stereocenters. The average molecular weight is 2420 g/mol. The number of nitrogens with zero attached hydrogens (tertiary/aromatic N) is 14. The lowest BCUT2D eigenvalue weighted by molar-refractivity contribution is -0.122. The van der Waals surface area contributed by atoms with E-state index in [4.69, 9.17) is 80.3 Å². The number of primary amides is 1. The number of nitrogen functional groups attached to an aromatic ring is 2. The van der Waals surface area contributed by atoms with Crippen molar-refractivity contribution in [2.75, 3.05) is 116 Å². The molecule has 788 valence electrons. The van der Waals surface area contributed by atoms with Crippen LogP contribution in [-0.4, -0.2) is 210 Å². The van der Waals surface area contributed by atoms with E-state index in [2.05, 4.69) is 166 Å². The van der Waals surface area contributed by atoms with Crippen LogP contribution in [0.1, 0.15) is 263 Å². The Morgan fingerprint density at radius 3 is 1.20 bits per heavy atom. The van der Waals surface area contributed by atoms with E-state index in [1.165, 1.54) is 36.0 Å². The molecular weight excluding hydrogens is 2300 g/mol. The topological polar surface area (TPSA) is 451 Å². The first-order valence-corrected chi connectivity index (χ1v) is 53.0. The number of hydrogen-bond donors (Lipinski definition) is 8. The van der Waals surface area contributed by atoms with Gasteiger partial charge in [0.2, 0.25) is 0 Å². The van der Waals surface area contributed by atoms with E-state index in [9.17, 15) is 47.0 Å². The third kappa shape index (κ3) is 33.3. The Bertz CT molecular complexity index is 6650. The lowest BCUT2D eigenvalue weighted by atomic mass is 9.97. The summed E-state index contributed by atoms with van der Waals surface area (Å²) in [5.41, 5.74) is 30.5. The van der Waals surface area contributed by atoms with Crippen molar-refractivity contribution in [3.8, 4) is 0 Å². The second-order valence-electron chi connectivity index (χ2n) is 35.2. The zero-order chi connectivity index (χ0) is 105. The molecule has 0 bridgehead atoms. The van der Waals surface area contributed by atoms with Crippen molar-refractivity contribution in [1.29, 1.82) is 0 Å². The van der Waals surface area contributed by atoms with Crippen molar-refractivity contribution < 1.29 is 95.1 Å². The molecule has 147 heavy (non-hydrogen) atoms. The number of hydrogen-bond acceptors (Lipinski definition) is 27. The molecule has 6 aliphatic heterocycles. The second kappa shape index (κ2) is 57.9. The number of nitrogens with two attached hydrogens (primary N) is 3. The fraction of sp³-hybridized carbons (Fsp3) is 0.427. The van der Waals surface area contributed by atoms with Crippen molar-refractivity contribution in [2.24, 2.45) is 11.7 Å². The fourth-order valence-corrected chi connectivity index (χ4v) is 19.7. The number of imidazole rings is 5. The monoisotopic (exact) mass is 2410 g/mol. The number of anilines is 3. The van der Waals surface area contributed by atoms with Gasteiger partial charge >= 0.3 is 0 Å². The Morgan fingerprint density at radius 2 is 0.816 bits per heavy atom. The van der Waals surface area contributed by atoms with Crippen LogP contribution in [0.5, 0.6) is 0 Å². The van der Waals surface area contributed by atoms with Gasteiger partial charge in [-0.2, -0.15) is 0 Å². The van der Waals surface area contributed by atoms with Crippen LogP contribution in [0.25, 0.3) is 28.2 Å². The van der Waals surface area contributed by atoms with Crippen molar-refractivity contribution in [3.63, 3.8) is 0 Å². The van der Waals surface area contributed by atoms with Gasteiger partial charge in [-0.05, 0) is 278 Å². The Kier molecular flexibility index (Phi) is 45.6. The predicted molar refractivity (Wildman–Crippen MR) is 568 cm³/mol. The number of carbonyl (C=O) groups is 4. The number of aromatic nitrogens is 14. The van der Waals surface area contributed by atoms with Crippen LogP contribution >= 0.6 is 95.6 Å². The van der Waals surface area contributed by atoms with E-state index in [1.807, 2.05) is 80.6 Å². The molecule has 34 nitrogen and oxygen atoms in total. The van der Waals surface area contributed by atoms with Crippen molar-refractivity contribution in [2.45, 2.75) is 178 Å². The quantitative estimate of drug-likeness (QED) is 0.0188. The summed E-state index contributed by atoms with van der Waals surface area (Å²) in [6, 6.07) is 22.3. The average Bonchev–Trinajstić information content (AvgIpc) is 1.68. The number of pyridine rings is 9. The molecule has 6 aliphatic rings. The molecule has 6 saturated heterocycles. The summed E-state index contributed by atoms with van der Waals surface area (Å²) >= 11 is 20.3. The summed E-state index contributed by atoms with van der Waals surface area (Å²) in [6.07, 6.45) is 29.7. The van der Waals surface area contributed by atoms with Crippen LogP contribution in [0.4, 0.5) is 34.9 Å². The van der Waals surface area contributed by atoms with Crippen molar-refractivity contribution in [1.82, 2.24) is 66.9 Å². The van der Waals surface area contributed by atoms with Crippen LogP contribution in [0.3, 0.4) is 0 Å².